The molecule has 31 heavy (non-hydrogen) atoms. The molecule has 0 aliphatic heterocycles. The molecule has 156 valence electrons. The number of amides is 2. The average molecular weight is 415 g/mol. The van der Waals surface area contributed by atoms with Crippen LogP contribution in [0.15, 0.2) is 66.7 Å². The summed E-state index contributed by atoms with van der Waals surface area (Å²) in [4.78, 5) is 23.6. The first-order chi connectivity index (χ1) is 15.0. The van der Waals surface area contributed by atoms with Crippen molar-refractivity contribution in [3.05, 3.63) is 72.3 Å². The van der Waals surface area contributed by atoms with Gasteiger partial charge in [0, 0.05) is 12.6 Å². The van der Waals surface area contributed by atoms with Gasteiger partial charge < -0.3 is 20.1 Å². The second kappa shape index (κ2) is 9.94. The Morgan fingerprint density at radius 1 is 0.935 bits per heavy atom. The number of anilines is 2. The highest BCUT2D eigenvalue weighted by Gasteiger charge is 2.10. The summed E-state index contributed by atoms with van der Waals surface area (Å²) in [6.45, 7) is 1.21. The molecule has 0 fully saturated rings. The maximum atomic E-state index is 12.3. The minimum Gasteiger partial charge on any atom is -0.495 e. The van der Waals surface area contributed by atoms with E-state index < -0.39 is 0 Å². The molecule has 7 heteroatoms. The summed E-state index contributed by atoms with van der Waals surface area (Å²) in [5.41, 5.74) is 3.53. The predicted molar refractivity (Wildman–Crippen MR) is 118 cm³/mol. The third-order valence-corrected chi connectivity index (χ3v) is 4.37. The smallest absolute Gasteiger partial charge is 0.262 e. The molecule has 0 bridgehead atoms. The minimum atomic E-state index is -0.366. The number of carbonyl (C=O) groups is 2. The van der Waals surface area contributed by atoms with Gasteiger partial charge in [0.2, 0.25) is 5.91 Å². The molecular weight excluding hydrogens is 394 g/mol. The van der Waals surface area contributed by atoms with Gasteiger partial charge >= 0.3 is 0 Å². The van der Waals surface area contributed by atoms with E-state index in [-0.39, 0.29) is 18.4 Å². The molecule has 0 aliphatic rings. The van der Waals surface area contributed by atoms with Crippen LogP contribution in [0.3, 0.4) is 0 Å². The normalized spacial score (nSPS) is 9.97. The third kappa shape index (κ3) is 5.84. The summed E-state index contributed by atoms with van der Waals surface area (Å²) in [5.74, 6) is 0.436. The molecule has 3 rings (SSSR count). The number of rotatable bonds is 7. The van der Waals surface area contributed by atoms with Crippen molar-refractivity contribution in [3.8, 4) is 28.7 Å². The highest BCUT2D eigenvalue weighted by atomic mass is 16.5. The van der Waals surface area contributed by atoms with Crippen LogP contribution < -0.4 is 20.1 Å². The monoisotopic (exact) mass is 415 g/mol. The molecule has 0 heterocycles. The van der Waals surface area contributed by atoms with E-state index in [1.165, 1.54) is 14.0 Å². The van der Waals surface area contributed by atoms with Gasteiger partial charge in [0.25, 0.3) is 5.91 Å². The van der Waals surface area contributed by atoms with Crippen molar-refractivity contribution in [2.24, 2.45) is 0 Å². The Morgan fingerprint density at radius 2 is 1.58 bits per heavy atom. The van der Waals surface area contributed by atoms with E-state index in [1.54, 1.807) is 42.5 Å². The predicted octanol–water partition coefficient (Wildman–Crippen LogP) is 4.21. The Bertz CT molecular complexity index is 1120. The quantitative estimate of drug-likeness (QED) is 0.602. The zero-order valence-electron chi connectivity index (χ0n) is 17.1. The second-order valence-electron chi connectivity index (χ2n) is 6.65. The molecule has 7 nitrogen and oxygen atoms in total. The molecule has 2 amide bonds. The summed E-state index contributed by atoms with van der Waals surface area (Å²) < 4.78 is 10.8. The lowest BCUT2D eigenvalue weighted by Gasteiger charge is -2.13. The zero-order valence-corrected chi connectivity index (χ0v) is 17.1. The fraction of sp³-hybridized carbons (Fsp3) is 0.125. The number of benzene rings is 3. The Hall–Kier alpha value is -4.31. The van der Waals surface area contributed by atoms with Crippen LogP contribution in [0.25, 0.3) is 11.1 Å². The van der Waals surface area contributed by atoms with E-state index in [0.717, 1.165) is 11.1 Å². The number of nitriles is 1. The van der Waals surface area contributed by atoms with Gasteiger partial charge in [-0.3, -0.25) is 9.59 Å². The first kappa shape index (κ1) is 21.4. The Kier molecular flexibility index (Phi) is 6.86. The third-order valence-electron chi connectivity index (χ3n) is 4.37. The van der Waals surface area contributed by atoms with E-state index >= 15 is 0 Å². The summed E-state index contributed by atoms with van der Waals surface area (Å²) in [7, 11) is 1.50. The van der Waals surface area contributed by atoms with E-state index in [0.29, 0.717) is 28.4 Å². The lowest BCUT2D eigenvalue weighted by atomic mass is 10.0. The fourth-order valence-corrected chi connectivity index (χ4v) is 2.90. The minimum absolute atomic E-state index is 0.191. The first-order valence-corrected chi connectivity index (χ1v) is 9.47. The summed E-state index contributed by atoms with van der Waals surface area (Å²) in [6.07, 6.45) is 0. The van der Waals surface area contributed by atoms with Gasteiger partial charge in [-0.15, -0.1) is 0 Å². The van der Waals surface area contributed by atoms with Crippen molar-refractivity contribution >= 4 is 23.2 Å². The molecule has 0 spiro atoms. The topological polar surface area (TPSA) is 100 Å². The SMILES string of the molecule is COc1ccc(NC(C)=O)cc1NC(=O)COc1ccc(-c2ccc(C#N)cc2)cc1. The van der Waals surface area contributed by atoms with Gasteiger partial charge in [-0.2, -0.15) is 5.26 Å². The number of nitrogens with one attached hydrogen (secondary N) is 2. The lowest BCUT2D eigenvalue weighted by Crippen LogP contribution is -2.20. The standard InChI is InChI=1S/C24H21N3O4/c1-16(28)26-20-9-12-23(30-2)22(13-20)27-24(29)15-31-21-10-7-19(8-11-21)18-5-3-17(14-25)4-6-18/h3-13H,15H2,1-2H3,(H,26,28)(H,27,29). The van der Waals surface area contributed by atoms with Crippen molar-refractivity contribution in [2.45, 2.75) is 6.92 Å². The first-order valence-electron chi connectivity index (χ1n) is 9.47. The van der Waals surface area contributed by atoms with Gasteiger partial charge in [0.05, 0.1) is 24.4 Å². The van der Waals surface area contributed by atoms with Crippen LogP contribution in [0, 0.1) is 11.3 Å². The number of carbonyl (C=O) groups excluding carboxylic acids is 2. The fourth-order valence-electron chi connectivity index (χ4n) is 2.90. The number of hydrogen-bond donors (Lipinski definition) is 2. The number of hydrogen-bond acceptors (Lipinski definition) is 5. The van der Waals surface area contributed by atoms with Gasteiger partial charge in [-0.05, 0) is 53.6 Å². The average Bonchev–Trinajstić information content (AvgIpc) is 2.78. The van der Waals surface area contributed by atoms with Crippen LogP contribution in [-0.4, -0.2) is 25.5 Å². The van der Waals surface area contributed by atoms with E-state index in [9.17, 15) is 9.59 Å². The lowest BCUT2D eigenvalue weighted by molar-refractivity contribution is -0.118. The van der Waals surface area contributed by atoms with Crippen molar-refractivity contribution in [1.82, 2.24) is 0 Å². The van der Waals surface area contributed by atoms with E-state index in [2.05, 4.69) is 16.7 Å². The van der Waals surface area contributed by atoms with Crippen LogP contribution in [0.2, 0.25) is 0 Å². The molecule has 0 aromatic heterocycles. The summed E-state index contributed by atoms with van der Waals surface area (Å²) >= 11 is 0. The molecule has 0 saturated carbocycles. The number of methoxy groups -OCH3 is 1. The van der Waals surface area contributed by atoms with Crippen LogP contribution in [0.4, 0.5) is 11.4 Å². The Labute approximate surface area is 180 Å². The van der Waals surface area contributed by atoms with Crippen molar-refractivity contribution in [2.75, 3.05) is 24.4 Å². The van der Waals surface area contributed by atoms with Crippen LogP contribution in [-0.2, 0) is 9.59 Å². The number of ether oxygens (including phenoxy) is 2. The van der Waals surface area contributed by atoms with Gasteiger partial charge in [0.1, 0.15) is 11.5 Å². The molecule has 0 aliphatic carbocycles. The largest absolute Gasteiger partial charge is 0.495 e. The summed E-state index contributed by atoms with van der Waals surface area (Å²) in [6, 6.07) is 21.7. The van der Waals surface area contributed by atoms with Crippen molar-refractivity contribution in [1.29, 1.82) is 5.26 Å². The van der Waals surface area contributed by atoms with Crippen molar-refractivity contribution in [3.63, 3.8) is 0 Å². The molecule has 0 saturated heterocycles. The Balaban J connectivity index is 1.60. The van der Waals surface area contributed by atoms with Crippen LogP contribution >= 0.6 is 0 Å². The maximum Gasteiger partial charge on any atom is 0.262 e. The molecule has 0 unspecified atom stereocenters. The Morgan fingerprint density at radius 3 is 2.16 bits per heavy atom. The molecule has 3 aromatic carbocycles. The van der Waals surface area contributed by atoms with Crippen molar-refractivity contribution < 1.29 is 19.1 Å². The molecular formula is C24H21N3O4. The zero-order chi connectivity index (χ0) is 22.2. The van der Waals surface area contributed by atoms with Gasteiger partial charge in [-0.1, -0.05) is 24.3 Å². The van der Waals surface area contributed by atoms with Gasteiger partial charge in [0.15, 0.2) is 6.61 Å². The maximum absolute atomic E-state index is 12.3. The molecule has 2 N–H and O–H groups in total. The highest BCUT2D eigenvalue weighted by molar-refractivity contribution is 5.95. The van der Waals surface area contributed by atoms with E-state index in [1.807, 2.05) is 24.3 Å². The van der Waals surface area contributed by atoms with Gasteiger partial charge in [-0.25, -0.2) is 0 Å². The van der Waals surface area contributed by atoms with Crippen LogP contribution in [0.5, 0.6) is 11.5 Å². The van der Waals surface area contributed by atoms with Crippen LogP contribution in [0.1, 0.15) is 12.5 Å². The number of nitrogens with zero attached hydrogens (tertiary/aromatic N) is 1. The van der Waals surface area contributed by atoms with E-state index in [4.69, 9.17) is 14.7 Å². The summed E-state index contributed by atoms with van der Waals surface area (Å²) in [5, 5.41) is 14.3. The molecule has 0 radical (unpaired) electrons. The molecule has 0 atom stereocenters. The highest BCUT2D eigenvalue weighted by Crippen LogP contribution is 2.28. The second-order valence-corrected chi connectivity index (χ2v) is 6.65. The molecule has 3 aromatic rings.